The Morgan fingerprint density at radius 1 is 1.38 bits per heavy atom. The molecule has 2 aromatic rings. The lowest BCUT2D eigenvalue weighted by Gasteiger charge is -2.18. The summed E-state index contributed by atoms with van der Waals surface area (Å²) in [6, 6.07) is 1.25. The number of imide groups is 1. The number of urea groups is 1. The number of amides is 3. The van der Waals surface area contributed by atoms with Crippen LogP contribution in [-0.2, 0) is 11.3 Å². The second kappa shape index (κ2) is 5.30. The van der Waals surface area contributed by atoms with Crippen LogP contribution >= 0.6 is 22.7 Å². The molecule has 0 aromatic carbocycles. The van der Waals surface area contributed by atoms with Crippen LogP contribution in [-0.4, -0.2) is 25.0 Å². The Bertz CT molecular complexity index is 734. The maximum atomic E-state index is 12.6. The molecule has 0 aliphatic carbocycles. The molecule has 0 saturated heterocycles. The number of carbonyl (C=O) groups is 3. The summed E-state index contributed by atoms with van der Waals surface area (Å²) in [5, 5.41) is 7.61. The van der Waals surface area contributed by atoms with Gasteiger partial charge >= 0.3 is 12.0 Å². The highest BCUT2D eigenvalue weighted by Crippen LogP contribution is 2.30. The van der Waals surface area contributed by atoms with Crippen molar-refractivity contribution in [2.24, 2.45) is 0 Å². The summed E-state index contributed by atoms with van der Waals surface area (Å²) in [5.74, 6) is -1.01. The monoisotopic (exact) mass is 322 g/mol. The maximum absolute atomic E-state index is 12.6. The topological polar surface area (TPSA) is 75.7 Å². The van der Waals surface area contributed by atoms with Gasteiger partial charge in [-0.15, -0.1) is 22.7 Å². The minimum absolute atomic E-state index is 0.200. The summed E-state index contributed by atoms with van der Waals surface area (Å²) in [7, 11) is 1.26. The molecule has 3 rings (SSSR count). The van der Waals surface area contributed by atoms with Crippen molar-refractivity contribution in [2.75, 3.05) is 12.0 Å². The van der Waals surface area contributed by atoms with Crippen molar-refractivity contribution in [3.63, 3.8) is 0 Å². The molecule has 108 valence electrons. The summed E-state index contributed by atoms with van der Waals surface area (Å²) in [5.41, 5.74) is 1.22. The molecule has 8 heteroatoms. The van der Waals surface area contributed by atoms with Gasteiger partial charge in [-0.05, 0) is 17.0 Å². The number of nitrogens with zero attached hydrogens (tertiary/aromatic N) is 1. The number of esters is 1. The second-order valence-electron chi connectivity index (χ2n) is 4.24. The Kier molecular flexibility index (Phi) is 3.48. The van der Waals surface area contributed by atoms with Crippen LogP contribution in [0.3, 0.4) is 0 Å². The Labute approximate surface area is 127 Å². The maximum Gasteiger partial charge on any atom is 0.340 e. The highest BCUT2D eigenvalue weighted by atomic mass is 32.1. The van der Waals surface area contributed by atoms with Crippen LogP contribution in [0.15, 0.2) is 22.2 Å². The molecule has 0 saturated carbocycles. The van der Waals surface area contributed by atoms with Crippen molar-refractivity contribution < 1.29 is 19.1 Å². The first kappa shape index (κ1) is 13.8. The van der Waals surface area contributed by atoms with Crippen LogP contribution in [0.4, 0.5) is 10.5 Å². The molecular weight excluding hydrogens is 312 g/mol. The van der Waals surface area contributed by atoms with Gasteiger partial charge in [0.2, 0.25) is 0 Å². The molecule has 0 bridgehead atoms. The molecule has 3 amide bonds. The molecule has 0 spiro atoms. The predicted molar refractivity (Wildman–Crippen MR) is 79.0 cm³/mol. The zero-order valence-electron chi connectivity index (χ0n) is 10.9. The lowest BCUT2D eigenvalue weighted by molar-refractivity contribution is 0.0602. The number of rotatable bonds is 2. The van der Waals surface area contributed by atoms with Gasteiger partial charge < -0.3 is 10.1 Å². The minimum Gasteiger partial charge on any atom is -0.465 e. The van der Waals surface area contributed by atoms with E-state index in [9.17, 15) is 14.4 Å². The van der Waals surface area contributed by atoms with E-state index in [1.165, 1.54) is 29.8 Å². The average Bonchev–Trinajstić information content (AvgIpc) is 3.11. The number of nitrogens with one attached hydrogen (secondary N) is 1. The lowest BCUT2D eigenvalue weighted by Crippen LogP contribution is -2.41. The molecule has 1 N–H and O–H groups in total. The fourth-order valence-corrected chi connectivity index (χ4v) is 3.69. The summed E-state index contributed by atoms with van der Waals surface area (Å²) in [6.07, 6.45) is 0. The van der Waals surface area contributed by atoms with Crippen LogP contribution in [0.5, 0.6) is 0 Å². The van der Waals surface area contributed by atoms with Crippen LogP contribution in [0, 0.1) is 0 Å². The minimum atomic E-state index is -0.581. The summed E-state index contributed by atoms with van der Waals surface area (Å²) >= 11 is 2.50. The first-order valence-electron chi connectivity index (χ1n) is 5.96. The molecule has 0 unspecified atom stereocenters. The number of ether oxygens (including phenoxy) is 1. The van der Waals surface area contributed by atoms with Gasteiger partial charge in [0.1, 0.15) is 0 Å². The highest BCUT2D eigenvalue weighted by Gasteiger charge is 2.33. The zero-order valence-corrected chi connectivity index (χ0v) is 12.5. The van der Waals surface area contributed by atoms with Crippen molar-refractivity contribution >= 4 is 46.3 Å². The fraction of sp³-hybridized carbons (Fsp3) is 0.154. The van der Waals surface area contributed by atoms with Gasteiger partial charge in [-0.3, -0.25) is 4.79 Å². The van der Waals surface area contributed by atoms with Crippen molar-refractivity contribution in [1.29, 1.82) is 0 Å². The molecule has 3 heterocycles. The van der Waals surface area contributed by atoms with E-state index in [-0.39, 0.29) is 17.8 Å². The molecule has 0 fully saturated rings. The van der Waals surface area contributed by atoms with Crippen molar-refractivity contribution in [3.05, 3.63) is 38.2 Å². The van der Waals surface area contributed by atoms with Crippen molar-refractivity contribution in [1.82, 2.24) is 5.32 Å². The summed E-state index contributed by atoms with van der Waals surface area (Å²) < 4.78 is 4.68. The molecular formula is C13H10N2O4S2. The van der Waals surface area contributed by atoms with Crippen LogP contribution < -0.4 is 10.2 Å². The van der Waals surface area contributed by atoms with Gasteiger partial charge in [0.15, 0.2) is 0 Å². The Hall–Kier alpha value is -2.19. The number of hydrogen-bond acceptors (Lipinski definition) is 6. The van der Waals surface area contributed by atoms with E-state index in [0.29, 0.717) is 4.88 Å². The van der Waals surface area contributed by atoms with Crippen molar-refractivity contribution in [3.8, 4) is 0 Å². The first-order chi connectivity index (χ1) is 10.1. The number of hydrogen-bond donors (Lipinski definition) is 1. The third kappa shape index (κ3) is 2.22. The van der Waals surface area contributed by atoms with E-state index in [2.05, 4.69) is 10.1 Å². The Balaban J connectivity index is 2.09. The number of anilines is 1. The Morgan fingerprint density at radius 3 is 2.95 bits per heavy atom. The molecule has 6 nitrogen and oxygen atoms in total. The smallest absolute Gasteiger partial charge is 0.340 e. The van der Waals surface area contributed by atoms with E-state index >= 15 is 0 Å². The van der Waals surface area contributed by atoms with Crippen molar-refractivity contribution in [2.45, 2.75) is 6.54 Å². The molecule has 0 atom stereocenters. The van der Waals surface area contributed by atoms with E-state index in [1.807, 2.05) is 0 Å². The zero-order chi connectivity index (χ0) is 15.0. The molecule has 21 heavy (non-hydrogen) atoms. The van der Waals surface area contributed by atoms with Crippen LogP contribution in [0.1, 0.15) is 25.6 Å². The van der Waals surface area contributed by atoms with Gasteiger partial charge in [-0.2, -0.15) is 0 Å². The van der Waals surface area contributed by atoms with E-state index < -0.39 is 17.9 Å². The lowest BCUT2D eigenvalue weighted by atomic mass is 10.2. The van der Waals surface area contributed by atoms with E-state index in [0.717, 1.165) is 10.5 Å². The largest absolute Gasteiger partial charge is 0.465 e. The number of methoxy groups -OCH3 is 1. The first-order valence-corrected chi connectivity index (χ1v) is 7.79. The Morgan fingerprint density at radius 2 is 2.19 bits per heavy atom. The number of fused-ring (bicyclic) bond motifs is 1. The number of thiophene rings is 2. The van der Waals surface area contributed by atoms with Gasteiger partial charge in [-0.25, -0.2) is 14.5 Å². The standard InChI is InChI=1S/C13H10N2O4S2/c1-19-12(17)8-5-20-6-9(8)15-11(16)10-7(2-3-21-10)4-14-13(15)18/h2-3,5-6H,4H2,1H3,(H,14,18). The van der Waals surface area contributed by atoms with E-state index in [4.69, 9.17) is 0 Å². The quantitative estimate of drug-likeness (QED) is 0.862. The third-order valence-electron chi connectivity index (χ3n) is 3.06. The predicted octanol–water partition coefficient (Wildman–Crippen LogP) is 2.47. The fourth-order valence-electron chi connectivity index (χ4n) is 2.05. The van der Waals surface area contributed by atoms with Gasteiger partial charge in [0.25, 0.3) is 5.91 Å². The molecule has 2 aromatic heterocycles. The summed E-state index contributed by atoms with van der Waals surface area (Å²) in [4.78, 5) is 38.0. The molecule has 1 aliphatic heterocycles. The third-order valence-corrected chi connectivity index (χ3v) is 4.74. The normalized spacial score (nSPS) is 14.4. The van der Waals surface area contributed by atoms with Gasteiger partial charge in [-0.1, -0.05) is 0 Å². The SMILES string of the molecule is COC(=O)c1cscc1N1C(=O)NCc2ccsc2C1=O. The molecule has 1 aliphatic rings. The second-order valence-corrected chi connectivity index (χ2v) is 5.90. The molecule has 0 radical (unpaired) electrons. The van der Waals surface area contributed by atoms with Crippen LogP contribution in [0.25, 0.3) is 0 Å². The summed E-state index contributed by atoms with van der Waals surface area (Å²) in [6.45, 7) is 0.289. The average molecular weight is 322 g/mol. The van der Waals surface area contributed by atoms with Gasteiger partial charge in [0.05, 0.1) is 23.2 Å². The number of carbonyl (C=O) groups excluding carboxylic acids is 3. The van der Waals surface area contributed by atoms with Crippen LogP contribution in [0.2, 0.25) is 0 Å². The van der Waals surface area contributed by atoms with E-state index in [1.54, 1.807) is 22.2 Å². The highest BCUT2D eigenvalue weighted by molar-refractivity contribution is 7.12. The van der Waals surface area contributed by atoms with Gasteiger partial charge in [0, 0.05) is 17.3 Å².